The number of hydrogen-bond donors (Lipinski definition) is 2. The number of Topliss-reactive ketones (excluding diaryl/α,β-unsaturated/α-hetero) is 1. The highest BCUT2D eigenvalue weighted by atomic mass is 16.5. The zero-order valence-corrected chi connectivity index (χ0v) is 16.3. The predicted octanol–water partition coefficient (Wildman–Crippen LogP) is 2.86. The third-order valence-corrected chi connectivity index (χ3v) is 4.72. The molecule has 1 amide bonds. The van der Waals surface area contributed by atoms with Crippen LogP contribution in [-0.4, -0.2) is 53.7 Å². The molecule has 2 aromatic rings. The van der Waals surface area contributed by atoms with E-state index in [-0.39, 0.29) is 30.2 Å². The first-order valence-electron chi connectivity index (χ1n) is 9.27. The number of aliphatic hydroxyl groups excluding tert-OH is 1. The molecule has 0 aromatic heterocycles. The van der Waals surface area contributed by atoms with Crippen LogP contribution in [0.5, 0.6) is 11.5 Å². The number of phenolic OH excluding ortho intramolecular Hbond substituents is 1. The maximum Gasteiger partial charge on any atom is 0.295 e. The molecule has 7 nitrogen and oxygen atoms in total. The molecule has 152 valence electrons. The highest BCUT2D eigenvalue weighted by Gasteiger charge is 2.45. The lowest BCUT2D eigenvalue weighted by molar-refractivity contribution is -0.140. The molecule has 0 radical (unpaired) electrons. The number of rotatable bonds is 7. The number of amides is 1. The number of benzene rings is 2. The molecule has 29 heavy (non-hydrogen) atoms. The summed E-state index contributed by atoms with van der Waals surface area (Å²) in [6, 6.07) is 12.1. The van der Waals surface area contributed by atoms with Crippen LogP contribution in [0.25, 0.3) is 5.76 Å². The molecule has 1 saturated heterocycles. The van der Waals surface area contributed by atoms with Crippen molar-refractivity contribution in [2.75, 3.05) is 26.9 Å². The van der Waals surface area contributed by atoms with Crippen molar-refractivity contribution in [2.24, 2.45) is 0 Å². The van der Waals surface area contributed by atoms with Crippen molar-refractivity contribution >= 4 is 17.4 Å². The van der Waals surface area contributed by atoms with Crippen molar-refractivity contribution in [3.05, 3.63) is 65.2 Å². The summed E-state index contributed by atoms with van der Waals surface area (Å²) in [7, 11) is 1.51. The largest absolute Gasteiger partial charge is 0.508 e. The van der Waals surface area contributed by atoms with Gasteiger partial charge in [-0.25, -0.2) is 0 Å². The van der Waals surface area contributed by atoms with Crippen LogP contribution in [0.4, 0.5) is 0 Å². The fourth-order valence-corrected chi connectivity index (χ4v) is 3.33. The number of carbonyl (C=O) groups is 2. The Hall–Kier alpha value is -3.32. The fraction of sp³-hybridized carbons (Fsp3) is 0.273. The summed E-state index contributed by atoms with van der Waals surface area (Å²) in [6.07, 6.45) is 0. The summed E-state index contributed by atoms with van der Waals surface area (Å²) < 4.78 is 10.5. The number of methoxy groups -OCH3 is 1. The van der Waals surface area contributed by atoms with Gasteiger partial charge in [-0.2, -0.15) is 0 Å². The summed E-state index contributed by atoms with van der Waals surface area (Å²) in [6.45, 7) is 2.81. The Balaban J connectivity index is 2.09. The lowest BCUT2D eigenvalue weighted by Gasteiger charge is -2.25. The Morgan fingerprint density at radius 3 is 2.31 bits per heavy atom. The molecule has 0 aliphatic carbocycles. The fourth-order valence-electron chi connectivity index (χ4n) is 3.33. The molecular weight excluding hydrogens is 374 g/mol. The van der Waals surface area contributed by atoms with Crippen LogP contribution in [0.2, 0.25) is 0 Å². The first kappa shape index (κ1) is 20.4. The van der Waals surface area contributed by atoms with Gasteiger partial charge < -0.3 is 24.6 Å². The molecule has 1 aliphatic rings. The van der Waals surface area contributed by atoms with E-state index in [9.17, 15) is 19.8 Å². The van der Waals surface area contributed by atoms with Crippen LogP contribution in [-0.2, 0) is 14.3 Å². The van der Waals surface area contributed by atoms with Crippen molar-refractivity contribution in [3.8, 4) is 11.5 Å². The average Bonchev–Trinajstić information content (AvgIpc) is 2.98. The monoisotopic (exact) mass is 397 g/mol. The molecule has 0 spiro atoms. The van der Waals surface area contributed by atoms with Crippen LogP contribution in [0.3, 0.4) is 0 Å². The number of hydrogen-bond acceptors (Lipinski definition) is 6. The van der Waals surface area contributed by atoms with Crippen LogP contribution in [0, 0.1) is 0 Å². The molecular formula is C22H23NO6. The number of ketones is 1. The second-order valence-corrected chi connectivity index (χ2v) is 6.53. The number of aromatic hydroxyl groups is 1. The topological polar surface area (TPSA) is 96.3 Å². The van der Waals surface area contributed by atoms with Gasteiger partial charge in [-0.15, -0.1) is 0 Å². The van der Waals surface area contributed by atoms with E-state index in [1.165, 1.54) is 24.1 Å². The van der Waals surface area contributed by atoms with Gasteiger partial charge in [0.15, 0.2) is 0 Å². The Morgan fingerprint density at radius 2 is 1.72 bits per heavy atom. The quantitative estimate of drug-likeness (QED) is 0.424. The minimum atomic E-state index is -0.780. The molecule has 1 heterocycles. The Morgan fingerprint density at radius 1 is 1.07 bits per heavy atom. The normalized spacial score (nSPS) is 18.3. The number of nitrogens with zero attached hydrogens (tertiary/aromatic N) is 1. The van der Waals surface area contributed by atoms with Crippen molar-refractivity contribution < 1.29 is 29.3 Å². The molecule has 2 aromatic carbocycles. The summed E-state index contributed by atoms with van der Waals surface area (Å²) in [5.41, 5.74) is 1.01. The maximum absolute atomic E-state index is 12.8. The lowest BCUT2D eigenvalue weighted by atomic mass is 9.95. The average molecular weight is 397 g/mol. The first-order valence-corrected chi connectivity index (χ1v) is 9.27. The summed E-state index contributed by atoms with van der Waals surface area (Å²) in [4.78, 5) is 26.8. The zero-order chi connectivity index (χ0) is 21.0. The van der Waals surface area contributed by atoms with Crippen LogP contribution in [0.1, 0.15) is 24.1 Å². The van der Waals surface area contributed by atoms with Gasteiger partial charge in [-0.05, 0) is 48.9 Å². The molecule has 0 bridgehead atoms. The molecule has 0 saturated carbocycles. The van der Waals surface area contributed by atoms with Crippen LogP contribution < -0.4 is 4.74 Å². The summed E-state index contributed by atoms with van der Waals surface area (Å²) in [5.74, 6) is -1.02. The van der Waals surface area contributed by atoms with E-state index >= 15 is 0 Å². The van der Waals surface area contributed by atoms with E-state index in [2.05, 4.69) is 0 Å². The first-order chi connectivity index (χ1) is 14.0. The zero-order valence-electron chi connectivity index (χ0n) is 16.3. The number of carbonyl (C=O) groups excluding carboxylic acids is 2. The molecule has 1 aliphatic heterocycles. The summed E-state index contributed by atoms with van der Waals surface area (Å²) in [5, 5.41) is 20.5. The van der Waals surface area contributed by atoms with E-state index in [1.807, 2.05) is 6.92 Å². The molecule has 3 rings (SSSR count). The highest BCUT2D eigenvalue weighted by Crippen LogP contribution is 2.39. The van der Waals surface area contributed by atoms with Crippen molar-refractivity contribution in [2.45, 2.75) is 13.0 Å². The third-order valence-electron chi connectivity index (χ3n) is 4.72. The van der Waals surface area contributed by atoms with Crippen LogP contribution in [0.15, 0.2) is 54.1 Å². The highest BCUT2D eigenvalue weighted by molar-refractivity contribution is 6.46. The van der Waals surface area contributed by atoms with Crippen molar-refractivity contribution in [1.29, 1.82) is 0 Å². The molecule has 2 N–H and O–H groups in total. The Kier molecular flexibility index (Phi) is 6.19. The van der Waals surface area contributed by atoms with Gasteiger partial charge in [-0.3, -0.25) is 9.59 Å². The predicted molar refractivity (Wildman–Crippen MR) is 107 cm³/mol. The number of phenols is 1. The second-order valence-electron chi connectivity index (χ2n) is 6.53. The second kappa shape index (κ2) is 8.79. The van der Waals surface area contributed by atoms with Gasteiger partial charge in [0.05, 0.1) is 24.8 Å². The van der Waals surface area contributed by atoms with Gasteiger partial charge in [0.1, 0.15) is 17.3 Å². The van der Waals surface area contributed by atoms with Crippen LogP contribution >= 0.6 is 0 Å². The van der Waals surface area contributed by atoms with Crippen molar-refractivity contribution in [1.82, 2.24) is 4.90 Å². The standard InChI is InChI=1S/C22H23NO6/c1-3-29-17-10-6-15(7-11-17)20(25)18-19(14-4-8-16(24)9-5-14)23(12-13-28-2)22(27)21(18)26/h4-11,19,24-25H,3,12-13H2,1-2H3/b20-18+. The number of aliphatic hydroxyl groups is 1. The number of likely N-dealkylation sites (tertiary alicyclic amines) is 1. The number of ether oxygens (including phenoxy) is 2. The van der Waals surface area contributed by atoms with Gasteiger partial charge in [0.2, 0.25) is 0 Å². The molecule has 1 unspecified atom stereocenters. The Labute approximate surface area is 168 Å². The van der Waals surface area contributed by atoms with Gasteiger partial charge in [0.25, 0.3) is 11.7 Å². The SMILES string of the molecule is CCOc1ccc(/C(O)=C2\C(=O)C(=O)N(CCOC)C2c2ccc(O)cc2)cc1. The van der Waals surface area contributed by atoms with E-state index in [1.54, 1.807) is 36.4 Å². The summed E-state index contributed by atoms with van der Waals surface area (Å²) >= 11 is 0. The van der Waals surface area contributed by atoms with E-state index < -0.39 is 17.7 Å². The molecule has 1 atom stereocenters. The molecule has 1 fully saturated rings. The third kappa shape index (κ3) is 4.09. The van der Waals surface area contributed by atoms with Gasteiger partial charge in [0, 0.05) is 19.2 Å². The lowest BCUT2D eigenvalue weighted by Crippen LogP contribution is -2.32. The minimum Gasteiger partial charge on any atom is -0.508 e. The smallest absolute Gasteiger partial charge is 0.295 e. The van der Waals surface area contributed by atoms with Crippen molar-refractivity contribution in [3.63, 3.8) is 0 Å². The van der Waals surface area contributed by atoms with E-state index in [0.29, 0.717) is 23.5 Å². The van der Waals surface area contributed by atoms with Gasteiger partial charge in [-0.1, -0.05) is 12.1 Å². The Bertz CT molecular complexity index is 917. The van der Waals surface area contributed by atoms with E-state index in [4.69, 9.17) is 9.47 Å². The minimum absolute atomic E-state index is 0.000882. The van der Waals surface area contributed by atoms with Gasteiger partial charge >= 0.3 is 0 Å². The maximum atomic E-state index is 12.8. The van der Waals surface area contributed by atoms with E-state index in [0.717, 1.165) is 0 Å². The molecule has 7 heteroatoms.